The Balaban J connectivity index is 3.55. The lowest BCUT2D eigenvalue weighted by atomic mass is 10.1. The number of unbranched alkanes of at least 4 members (excludes halogenated alkanes) is 5. The number of allylic oxidation sites excluding steroid dienone is 1. The average Bonchev–Trinajstić information content (AvgIpc) is 2.29. The summed E-state index contributed by atoms with van der Waals surface area (Å²) in [7, 11) is 0. The van der Waals surface area contributed by atoms with Gasteiger partial charge in [0.25, 0.3) is 0 Å². The molecule has 0 spiro atoms. The first kappa shape index (κ1) is 16.2. The maximum absolute atomic E-state index is 11.4. The number of carbonyl (C=O) groups is 1. The summed E-state index contributed by atoms with van der Waals surface area (Å²) in [6.45, 7) is 6.32. The van der Waals surface area contributed by atoms with E-state index in [9.17, 15) is 4.79 Å². The molecular formula is C15H28O2. The minimum Gasteiger partial charge on any atom is -0.460 e. The summed E-state index contributed by atoms with van der Waals surface area (Å²) >= 11 is 0. The van der Waals surface area contributed by atoms with E-state index in [0.717, 1.165) is 25.7 Å². The number of rotatable bonds is 10. The van der Waals surface area contributed by atoms with Gasteiger partial charge in [-0.1, -0.05) is 45.6 Å². The highest BCUT2D eigenvalue weighted by atomic mass is 16.5. The normalized spacial score (nSPS) is 12.9. The Bertz CT molecular complexity index is 209. The second kappa shape index (κ2) is 11.7. The molecule has 0 aliphatic rings. The van der Waals surface area contributed by atoms with Gasteiger partial charge in [-0.15, -0.1) is 0 Å². The molecule has 0 N–H and O–H groups in total. The number of esters is 1. The van der Waals surface area contributed by atoms with Gasteiger partial charge in [-0.25, -0.2) is 4.79 Å². The van der Waals surface area contributed by atoms with Gasteiger partial charge in [0.05, 0.1) is 6.10 Å². The zero-order chi connectivity index (χ0) is 12.9. The molecular weight excluding hydrogens is 212 g/mol. The Morgan fingerprint density at radius 2 is 1.76 bits per heavy atom. The van der Waals surface area contributed by atoms with E-state index >= 15 is 0 Å². The summed E-state index contributed by atoms with van der Waals surface area (Å²) in [5.74, 6) is -0.189. The van der Waals surface area contributed by atoms with E-state index in [1.807, 2.05) is 13.0 Å². The van der Waals surface area contributed by atoms with E-state index in [2.05, 4.69) is 13.8 Å². The van der Waals surface area contributed by atoms with Gasteiger partial charge in [0.2, 0.25) is 0 Å². The van der Waals surface area contributed by atoms with Crippen LogP contribution < -0.4 is 0 Å². The van der Waals surface area contributed by atoms with Crippen LogP contribution in [0.15, 0.2) is 12.2 Å². The number of hydrogen-bond acceptors (Lipinski definition) is 2. The highest BCUT2D eigenvalue weighted by molar-refractivity contribution is 5.81. The second-order valence-corrected chi connectivity index (χ2v) is 4.64. The first-order chi connectivity index (χ1) is 8.20. The van der Waals surface area contributed by atoms with Crippen molar-refractivity contribution in [3.05, 3.63) is 12.2 Å². The van der Waals surface area contributed by atoms with Crippen molar-refractivity contribution in [3.8, 4) is 0 Å². The molecule has 1 unspecified atom stereocenters. The quantitative estimate of drug-likeness (QED) is 0.316. The van der Waals surface area contributed by atoms with Crippen LogP contribution in [0.5, 0.6) is 0 Å². The third-order valence-electron chi connectivity index (χ3n) is 2.76. The topological polar surface area (TPSA) is 26.3 Å². The summed E-state index contributed by atoms with van der Waals surface area (Å²) in [4.78, 5) is 11.4. The van der Waals surface area contributed by atoms with Gasteiger partial charge in [-0.3, -0.25) is 0 Å². The zero-order valence-corrected chi connectivity index (χ0v) is 11.7. The molecule has 0 aromatic carbocycles. The largest absolute Gasteiger partial charge is 0.460 e. The lowest BCUT2D eigenvalue weighted by Gasteiger charge is -2.10. The molecule has 0 aromatic heterocycles. The van der Waals surface area contributed by atoms with Crippen molar-refractivity contribution >= 4 is 5.97 Å². The summed E-state index contributed by atoms with van der Waals surface area (Å²) in [5, 5.41) is 0. The van der Waals surface area contributed by atoms with Gasteiger partial charge in [0.1, 0.15) is 0 Å². The molecule has 0 saturated carbocycles. The standard InChI is InChI=1S/C15H28O2/c1-4-6-8-9-11-13-15(16)17-14(3)12-10-7-5-2/h11,13-14H,4-10,12H2,1-3H3/b13-11+. The van der Waals surface area contributed by atoms with E-state index in [1.165, 1.54) is 25.7 Å². The van der Waals surface area contributed by atoms with Gasteiger partial charge in [0.15, 0.2) is 0 Å². The molecule has 17 heavy (non-hydrogen) atoms. The Morgan fingerprint density at radius 3 is 2.41 bits per heavy atom. The van der Waals surface area contributed by atoms with Gasteiger partial charge in [0, 0.05) is 6.08 Å². The van der Waals surface area contributed by atoms with Crippen LogP contribution in [0.25, 0.3) is 0 Å². The first-order valence-electron chi connectivity index (χ1n) is 7.07. The fourth-order valence-electron chi connectivity index (χ4n) is 1.67. The van der Waals surface area contributed by atoms with Crippen molar-refractivity contribution in [3.63, 3.8) is 0 Å². The molecule has 0 aromatic rings. The lowest BCUT2D eigenvalue weighted by Crippen LogP contribution is -2.12. The first-order valence-corrected chi connectivity index (χ1v) is 7.07. The second-order valence-electron chi connectivity index (χ2n) is 4.64. The van der Waals surface area contributed by atoms with Gasteiger partial charge in [-0.2, -0.15) is 0 Å². The number of carbonyl (C=O) groups excluding carboxylic acids is 1. The molecule has 0 amide bonds. The minimum atomic E-state index is -0.189. The van der Waals surface area contributed by atoms with Gasteiger partial charge < -0.3 is 4.74 Å². The Morgan fingerprint density at radius 1 is 1.12 bits per heavy atom. The van der Waals surface area contributed by atoms with Crippen molar-refractivity contribution in [2.75, 3.05) is 0 Å². The van der Waals surface area contributed by atoms with Crippen LogP contribution in [0, 0.1) is 0 Å². The van der Waals surface area contributed by atoms with Crippen molar-refractivity contribution in [1.29, 1.82) is 0 Å². The highest BCUT2D eigenvalue weighted by Gasteiger charge is 2.05. The summed E-state index contributed by atoms with van der Waals surface area (Å²) in [5.41, 5.74) is 0. The van der Waals surface area contributed by atoms with Crippen LogP contribution >= 0.6 is 0 Å². The summed E-state index contributed by atoms with van der Waals surface area (Å²) in [6.07, 6.45) is 12.7. The fraction of sp³-hybridized carbons (Fsp3) is 0.800. The third kappa shape index (κ3) is 11.5. The van der Waals surface area contributed by atoms with E-state index in [0.29, 0.717) is 0 Å². The molecule has 0 aliphatic heterocycles. The van der Waals surface area contributed by atoms with Crippen LogP contribution in [0.3, 0.4) is 0 Å². The Labute approximate surface area is 106 Å². The van der Waals surface area contributed by atoms with Crippen LogP contribution in [-0.2, 0) is 9.53 Å². The van der Waals surface area contributed by atoms with E-state index in [4.69, 9.17) is 4.74 Å². The maximum atomic E-state index is 11.4. The van der Waals surface area contributed by atoms with E-state index in [-0.39, 0.29) is 12.1 Å². The molecule has 1 atom stereocenters. The van der Waals surface area contributed by atoms with E-state index < -0.39 is 0 Å². The minimum absolute atomic E-state index is 0.0503. The Kier molecular flexibility index (Phi) is 11.1. The van der Waals surface area contributed by atoms with Crippen LogP contribution in [0.2, 0.25) is 0 Å². The number of ether oxygens (including phenoxy) is 1. The molecule has 100 valence electrons. The smallest absolute Gasteiger partial charge is 0.330 e. The predicted molar refractivity (Wildman–Crippen MR) is 73.0 cm³/mol. The predicted octanol–water partition coefficient (Wildman–Crippen LogP) is 4.63. The van der Waals surface area contributed by atoms with Gasteiger partial charge >= 0.3 is 5.97 Å². The van der Waals surface area contributed by atoms with Crippen molar-refractivity contribution in [2.45, 2.75) is 78.2 Å². The monoisotopic (exact) mass is 240 g/mol. The maximum Gasteiger partial charge on any atom is 0.330 e. The summed E-state index contributed by atoms with van der Waals surface area (Å²) < 4.78 is 5.28. The average molecular weight is 240 g/mol. The van der Waals surface area contributed by atoms with E-state index in [1.54, 1.807) is 6.08 Å². The molecule has 0 heterocycles. The molecule has 2 nitrogen and oxygen atoms in total. The number of hydrogen-bond donors (Lipinski definition) is 0. The SMILES string of the molecule is CCCCC/C=C/C(=O)OC(C)CCCCC. The van der Waals surface area contributed by atoms with Crippen molar-refractivity contribution in [1.82, 2.24) is 0 Å². The molecule has 0 saturated heterocycles. The zero-order valence-electron chi connectivity index (χ0n) is 11.7. The molecule has 0 radical (unpaired) electrons. The molecule has 0 aliphatic carbocycles. The van der Waals surface area contributed by atoms with Crippen LogP contribution in [0.1, 0.15) is 72.1 Å². The third-order valence-corrected chi connectivity index (χ3v) is 2.76. The summed E-state index contributed by atoms with van der Waals surface area (Å²) in [6, 6.07) is 0. The fourth-order valence-corrected chi connectivity index (χ4v) is 1.67. The lowest BCUT2D eigenvalue weighted by molar-refractivity contribution is -0.142. The highest BCUT2D eigenvalue weighted by Crippen LogP contribution is 2.07. The molecule has 0 fully saturated rings. The van der Waals surface area contributed by atoms with Gasteiger partial charge in [-0.05, 0) is 32.6 Å². The molecule has 0 bridgehead atoms. The Hall–Kier alpha value is -0.790. The van der Waals surface area contributed by atoms with Crippen LogP contribution in [-0.4, -0.2) is 12.1 Å². The molecule has 0 rings (SSSR count). The van der Waals surface area contributed by atoms with Crippen LogP contribution in [0.4, 0.5) is 0 Å². The van der Waals surface area contributed by atoms with Crippen molar-refractivity contribution in [2.24, 2.45) is 0 Å². The molecule has 2 heteroatoms. The van der Waals surface area contributed by atoms with Crippen molar-refractivity contribution < 1.29 is 9.53 Å².